The van der Waals surface area contributed by atoms with E-state index < -0.39 is 0 Å². The monoisotopic (exact) mass is 380 g/mol. The number of fused-ring (bicyclic) bond motifs is 2. The topological polar surface area (TPSA) is 84.5 Å². The fourth-order valence-electron chi connectivity index (χ4n) is 2.81. The standard InChI is InChI=1S/C20H16N2O4S/c21-11-18-20(14-4-1-2-5-15(14)26-18)22-19(23)12-27-13-6-7-16-17(10-13)25-9-3-8-24-16/h1-2,4-7,10H,3,8-9,12H2,(H,22,23). The lowest BCUT2D eigenvalue weighted by atomic mass is 10.2. The molecule has 0 saturated heterocycles. The quantitative estimate of drug-likeness (QED) is 0.683. The largest absolute Gasteiger partial charge is 0.490 e. The van der Waals surface area contributed by atoms with Crippen molar-refractivity contribution >= 4 is 34.3 Å². The summed E-state index contributed by atoms with van der Waals surface area (Å²) in [6.45, 7) is 1.26. The van der Waals surface area contributed by atoms with Crippen LogP contribution in [0.25, 0.3) is 11.0 Å². The Bertz CT molecular complexity index is 1040. The first-order valence-corrected chi connectivity index (χ1v) is 9.47. The normalized spacial score (nSPS) is 13.0. The molecule has 7 heteroatoms. The van der Waals surface area contributed by atoms with E-state index >= 15 is 0 Å². The van der Waals surface area contributed by atoms with Crippen molar-refractivity contribution < 1.29 is 18.7 Å². The Hall–Kier alpha value is -3.11. The number of anilines is 1. The molecular weight excluding hydrogens is 364 g/mol. The van der Waals surface area contributed by atoms with Crippen LogP contribution < -0.4 is 14.8 Å². The number of nitrogens with one attached hydrogen (secondary N) is 1. The number of hydrogen-bond acceptors (Lipinski definition) is 6. The van der Waals surface area contributed by atoms with Crippen molar-refractivity contribution in [1.29, 1.82) is 5.26 Å². The third-order valence-electron chi connectivity index (χ3n) is 4.05. The van der Waals surface area contributed by atoms with Gasteiger partial charge in [-0.05, 0) is 30.3 Å². The van der Waals surface area contributed by atoms with Crippen LogP contribution in [0.4, 0.5) is 5.69 Å². The summed E-state index contributed by atoms with van der Waals surface area (Å²) in [5.41, 5.74) is 0.984. The number of nitriles is 1. The molecule has 0 bridgehead atoms. The van der Waals surface area contributed by atoms with Gasteiger partial charge in [-0.3, -0.25) is 4.79 Å². The van der Waals surface area contributed by atoms with Crippen molar-refractivity contribution in [2.45, 2.75) is 11.3 Å². The third-order valence-corrected chi connectivity index (χ3v) is 5.04. The molecule has 2 heterocycles. The molecule has 4 rings (SSSR count). The van der Waals surface area contributed by atoms with Gasteiger partial charge in [0.05, 0.1) is 19.0 Å². The van der Waals surface area contributed by atoms with Gasteiger partial charge in [-0.25, -0.2) is 0 Å². The van der Waals surface area contributed by atoms with E-state index in [0.29, 0.717) is 35.6 Å². The van der Waals surface area contributed by atoms with Crippen molar-refractivity contribution in [1.82, 2.24) is 0 Å². The third kappa shape index (κ3) is 3.71. The number of thioether (sulfide) groups is 1. The van der Waals surface area contributed by atoms with Crippen LogP contribution in [0.1, 0.15) is 12.2 Å². The minimum atomic E-state index is -0.213. The van der Waals surface area contributed by atoms with E-state index in [1.807, 2.05) is 42.5 Å². The number of rotatable bonds is 4. The molecule has 0 unspecified atom stereocenters. The van der Waals surface area contributed by atoms with E-state index in [1.165, 1.54) is 11.8 Å². The SMILES string of the molecule is N#Cc1oc2ccccc2c1NC(=O)CSc1ccc2c(c1)OCCCO2. The Balaban J connectivity index is 1.45. The fraction of sp³-hybridized carbons (Fsp3) is 0.200. The Morgan fingerprint density at radius 1 is 1.15 bits per heavy atom. The van der Waals surface area contributed by atoms with Crippen LogP contribution in [0.3, 0.4) is 0 Å². The van der Waals surface area contributed by atoms with Gasteiger partial charge in [0.25, 0.3) is 0 Å². The molecule has 0 spiro atoms. The molecule has 1 N–H and O–H groups in total. The summed E-state index contributed by atoms with van der Waals surface area (Å²) in [7, 11) is 0. The maximum absolute atomic E-state index is 12.4. The van der Waals surface area contributed by atoms with Crippen molar-refractivity contribution in [3.05, 3.63) is 48.2 Å². The van der Waals surface area contributed by atoms with Gasteiger partial charge in [-0.1, -0.05) is 12.1 Å². The van der Waals surface area contributed by atoms with E-state index in [9.17, 15) is 10.1 Å². The first kappa shape index (κ1) is 17.3. The highest BCUT2D eigenvalue weighted by molar-refractivity contribution is 8.00. The summed E-state index contributed by atoms with van der Waals surface area (Å²) in [5, 5.41) is 12.8. The van der Waals surface area contributed by atoms with E-state index in [-0.39, 0.29) is 17.4 Å². The molecule has 1 aliphatic heterocycles. The first-order valence-electron chi connectivity index (χ1n) is 8.48. The molecule has 1 amide bonds. The molecule has 0 radical (unpaired) electrons. The molecule has 1 aromatic heterocycles. The second-order valence-corrected chi connectivity index (χ2v) is 6.96. The van der Waals surface area contributed by atoms with Crippen molar-refractivity contribution in [2.24, 2.45) is 0 Å². The van der Waals surface area contributed by atoms with Gasteiger partial charge in [0.15, 0.2) is 11.5 Å². The lowest BCUT2D eigenvalue weighted by Crippen LogP contribution is -2.14. The minimum Gasteiger partial charge on any atom is -0.490 e. The van der Waals surface area contributed by atoms with E-state index in [1.54, 1.807) is 6.07 Å². The van der Waals surface area contributed by atoms with Gasteiger partial charge in [0.1, 0.15) is 17.3 Å². The van der Waals surface area contributed by atoms with Gasteiger partial charge in [-0.15, -0.1) is 11.8 Å². The molecule has 2 aromatic carbocycles. The second kappa shape index (κ2) is 7.64. The highest BCUT2D eigenvalue weighted by Gasteiger charge is 2.17. The van der Waals surface area contributed by atoms with Crippen molar-refractivity contribution in [3.63, 3.8) is 0 Å². The zero-order chi connectivity index (χ0) is 18.6. The second-order valence-electron chi connectivity index (χ2n) is 5.91. The van der Waals surface area contributed by atoms with Gasteiger partial charge in [0.2, 0.25) is 11.7 Å². The summed E-state index contributed by atoms with van der Waals surface area (Å²) in [6, 6.07) is 14.9. The maximum atomic E-state index is 12.4. The Labute approximate surface area is 160 Å². The van der Waals surface area contributed by atoms with Crippen molar-refractivity contribution in [3.8, 4) is 17.6 Å². The Kier molecular flexibility index (Phi) is 4.90. The van der Waals surface area contributed by atoms with E-state index in [0.717, 1.165) is 17.1 Å². The molecule has 6 nitrogen and oxygen atoms in total. The molecule has 0 aliphatic carbocycles. The van der Waals surface area contributed by atoms with Crippen LogP contribution in [0, 0.1) is 11.3 Å². The molecule has 1 aliphatic rings. The van der Waals surface area contributed by atoms with Crippen LogP contribution in [-0.2, 0) is 4.79 Å². The zero-order valence-electron chi connectivity index (χ0n) is 14.4. The number of furan rings is 1. The van der Waals surface area contributed by atoms with Gasteiger partial charge < -0.3 is 19.2 Å². The number of ether oxygens (including phenoxy) is 2. The van der Waals surface area contributed by atoms with Crippen molar-refractivity contribution in [2.75, 3.05) is 24.3 Å². The maximum Gasteiger partial charge on any atom is 0.234 e. The fourth-order valence-corrected chi connectivity index (χ4v) is 3.53. The van der Waals surface area contributed by atoms with E-state index in [4.69, 9.17) is 13.9 Å². The van der Waals surface area contributed by atoms with Crippen LogP contribution in [0.2, 0.25) is 0 Å². The number of carbonyl (C=O) groups excluding carboxylic acids is 1. The van der Waals surface area contributed by atoms with E-state index in [2.05, 4.69) is 5.32 Å². The number of carbonyl (C=O) groups is 1. The molecule has 0 atom stereocenters. The number of nitrogens with zero attached hydrogens (tertiary/aromatic N) is 1. The lowest BCUT2D eigenvalue weighted by Gasteiger charge is -2.09. The zero-order valence-corrected chi connectivity index (χ0v) is 15.2. The predicted octanol–water partition coefficient (Wildman–Crippen LogP) is 4.20. The highest BCUT2D eigenvalue weighted by Crippen LogP contribution is 2.34. The Morgan fingerprint density at radius 3 is 2.81 bits per heavy atom. The summed E-state index contributed by atoms with van der Waals surface area (Å²) in [5.74, 6) is 1.51. The number of hydrogen-bond donors (Lipinski definition) is 1. The van der Waals surface area contributed by atoms with Crippen LogP contribution in [0.15, 0.2) is 51.8 Å². The highest BCUT2D eigenvalue weighted by atomic mass is 32.2. The summed E-state index contributed by atoms with van der Waals surface area (Å²) in [6.07, 6.45) is 0.847. The predicted molar refractivity (Wildman–Crippen MR) is 102 cm³/mol. The molecule has 0 fully saturated rings. The number of para-hydroxylation sites is 1. The average molecular weight is 380 g/mol. The summed E-state index contributed by atoms with van der Waals surface area (Å²) >= 11 is 1.39. The Morgan fingerprint density at radius 2 is 1.96 bits per heavy atom. The average Bonchev–Trinajstić information content (AvgIpc) is 2.87. The van der Waals surface area contributed by atoms with Gasteiger partial charge in [0, 0.05) is 16.7 Å². The number of benzene rings is 2. The molecule has 3 aromatic rings. The summed E-state index contributed by atoms with van der Waals surface area (Å²) < 4.78 is 16.8. The molecule has 0 saturated carbocycles. The van der Waals surface area contributed by atoms with Crippen LogP contribution >= 0.6 is 11.8 Å². The van der Waals surface area contributed by atoms with Gasteiger partial charge >= 0.3 is 0 Å². The number of amides is 1. The molecule has 136 valence electrons. The lowest BCUT2D eigenvalue weighted by molar-refractivity contribution is -0.113. The van der Waals surface area contributed by atoms with Crippen LogP contribution in [0.5, 0.6) is 11.5 Å². The smallest absolute Gasteiger partial charge is 0.234 e. The van der Waals surface area contributed by atoms with Crippen LogP contribution in [-0.4, -0.2) is 24.9 Å². The summed E-state index contributed by atoms with van der Waals surface area (Å²) in [4.78, 5) is 13.3. The molecule has 27 heavy (non-hydrogen) atoms. The molecular formula is C20H16N2O4S. The first-order chi connectivity index (χ1) is 13.2. The van der Waals surface area contributed by atoms with Gasteiger partial charge in [-0.2, -0.15) is 5.26 Å². The minimum absolute atomic E-state index is 0.102.